The van der Waals surface area contributed by atoms with Crippen LogP contribution in [0, 0.1) is 12.3 Å². The Morgan fingerprint density at radius 3 is 2.24 bits per heavy atom. The van der Waals surface area contributed by atoms with Gasteiger partial charge >= 0.3 is 0 Å². The van der Waals surface area contributed by atoms with Crippen LogP contribution >= 0.6 is 0 Å². The molecule has 0 unspecified atom stereocenters. The Balaban J connectivity index is 2.91. The fraction of sp³-hybridized carbons (Fsp3) is 0.529. The predicted octanol–water partition coefficient (Wildman–Crippen LogP) is 3.31. The summed E-state index contributed by atoms with van der Waals surface area (Å²) in [5.41, 5.74) is 4.89. The molecule has 21 heavy (non-hydrogen) atoms. The van der Waals surface area contributed by atoms with Gasteiger partial charge in [-0.15, -0.1) is 0 Å². The van der Waals surface area contributed by atoms with Crippen molar-refractivity contribution in [3.63, 3.8) is 0 Å². The van der Waals surface area contributed by atoms with Gasteiger partial charge in [0.1, 0.15) is 5.84 Å². The van der Waals surface area contributed by atoms with E-state index < -0.39 is 5.41 Å². The standard InChI is InChI=1S/C17H27N3O/c1-7-15(20(18-6)16(21)17(3,4)5)19-12-14-10-8-13(2)9-11-14/h8-11,18H,7,12H2,1-6H3. The summed E-state index contributed by atoms with van der Waals surface area (Å²) in [4.78, 5) is 17.0. The number of amides is 1. The number of rotatable bonds is 4. The van der Waals surface area contributed by atoms with Crippen LogP contribution in [0.15, 0.2) is 29.3 Å². The summed E-state index contributed by atoms with van der Waals surface area (Å²) in [5.74, 6) is 0.785. The van der Waals surface area contributed by atoms with Crippen molar-refractivity contribution in [3.8, 4) is 0 Å². The lowest BCUT2D eigenvalue weighted by Crippen LogP contribution is -2.49. The molecule has 0 aromatic heterocycles. The maximum atomic E-state index is 12.4. The van der Waals surface area contributed by atoms with E-state index in [0.717, 1.165) is 11.4 Å². The Morgan fingerprint density at radius 1 is 1.24 bits per heavy atom. The maximum Gasteiger partial charge on any atom is 0.247 e. The smallest absolute Gasteiger partial charge is 0.247 e. The Labute approximate surface area is 128 Å². The zero-order valence-corrected chi connectivity index (χ0v) is 14.0. The Bertz CT molecular complexity index is 498. The van der Waals surface area contributed by atoms with Crippen molar-refractivity contribution in [3.05, 3.63) is 35.4 Å². The highest BCUT2D eigenvalue weighted by Gasteiger charge is 2.28. The van der Waals surface area contributed by atoms with Gasteiger partial charge in [0.05, 0.1) is 6.54 Å². The Morgan fingerprint density at radius 2 is 1.81 bits per heavy atom. The normalized spacial score (nSPS) is 12.4. The van der Waals surface area contributed by atoms with Crippen LogP contribution in [0.2, 0.25) is 0 Å². The molecule has 0 heterocycles. The lowest BCUT2D eigenvalue weighted by molar-refractivity contribution is -0.137. The van der Waals surface area contributed by atoms with E-state index in [1.54, 1.807) is 12.1 Å². The van der Waals surface area contributed by atoms with Gasteiger partial charge in [0.2, 0.25) is 5.91 Å². The van der Waals surface area contributed by atoms with Gasteiger partial charge in [-0.2, -0.15) is 0 Å². The number of aryl methyl sites for hydroxylation is 1. The fourth-order valence-electron chi connectivity index (χ4n) is 1.90. The van der Waals surface area contributed by atoms with E-state index in [0.29, 0.717) is 13.0 Å². The van der Waals surface area contributed by atoms with E-state index in [1.165, 1.54) is 5.56 Å². The summed E-state index contributed by atoms with van der Waals surface area (Å²) in [6.07, 6.45) is 0.703. The monoisotopic (exact) mass is 289 g/mol. The first kappa shape index (κ1) is 17.4. The summed E-state index contributed by atoms with van der Waals surface area (Å²) in [6.45, 7) is 10.4. The van der Waals surface area contributed by atoms with Crippen LogP contribution in [0.5, 0.6) is 0 Å². The van der Waals surface area contributed by atoms with Crippen LogP contribution in [0.3, 0.4) is 0 Å². The van der Waals surface area contributed by atoms with E-state index in [2.05, 4.69) is 41.6 Å². The van der Waals surface area contributed by atoms with E-state index in [1.807, 2.05) is 27.7 Å². The van der Waals surface area contributed by atoms with Gasteiger partial charge in [-0.3, -0.25) is 9.79 Å². The second kappa shape index (κ2) is 7.36. The first-order valence-corrected chi connectivity index (χ1v) is 7.40. The van der Waals surface area contributed by atoms with Crippen LogP contribution in [0.1, 0.15) is 45.2 Å². The number of carbonyl (C=O) groups is 1. The molecule has 0 spiro atoms. The highest BCUT2D eigenvalue weighted by atomic mass is 16.2. The molecule has 0 fully saturated rings. The zero-order chi connectivity index (χ0) is 16.0. The molecule has 1 rings (SSSR count). The summed E-state index contributed by atoms with van der Waals surface area (Å²) in [6, 6.07) is 8.29. The van der Waals surface area contributed by atoms with Gasteiger partial charge < -0.3 is 0 Å². The summed E-state index contributed by atoms with van der Waals surface area (Å²) >= 11 is 0. The van der Waals surface area contributed by atoms with Crippen molar-refractivity contribution >= 4 is 11.7 Å². The molecule has 116 valence electrons. The molecular formula is C17H27N3O. The van der Waals surface area contributed by atoms with E-state index >= 15 is 0 Å². The minimum Gasteiger partial charge on any atom is -0.272 e. The predicted molar refractivity (Wildman–Crippen MR) is 88.0 cm³/mol. The Hall–Kier alpha value is -1.68. The van der Waals surface area contributed by atoms with Gasteiger partial charge in [-0.1, -0.05) is 57.5 Å². The molecule has 1 N–H and O–H groups in total. The average molecular weight is 289 g/mol. The van der Waals surface area contributed by atoms with Crippen LogP contribution in [0.4, 0.5) is 0 Å². The van der Waals surface area contributed by atoms with Crippen molar-refractivity contribution in [1.29, 1.82) is 0 Å². The highest BCUT2D eigenvalue weighted by Crippen LogP contribution is 2.17. The van der Waals surface area contributed by atoms with E-state index in [9.17, 15) is 4.79 Å². The molecular weight excluding hydrogens is 262 g/mol. The lowest BCUT2D eigenvalue weighted by Gasteiger charge is -2.29. The maximum absolute atomic E-state index is 12.4. The summed E-state index contributed by atoms with van der Waals surface area (Å²) in [7, 11) is 1.75. The number of nitrogens with zero attached hydrogens (tertiary/aromatic N) is 2. The minimum absolute atomic E-state index is 0.0227. The SMILES string of the molecule is CCC(=NCc1ccc(C)cc1)N(NC)C(=O)C(C)(C)C. The molecule has 0 radical (unpaired) electrons. The molecule has 4 nitrogen and oxygen atoms in total. The van der Waals surface area contributed by atoms with E-state index in [4.69, 9.17) is 0 Å². The van der Waals surface area contributed by atoms with Gasteiger partial charge in [-0.25, -0.2) is 10.4 Å². The number of hydrogen-bond acceptors (Lipinski definition) is 3. The third-order valence-corrected chi connectivity index (χ3v) is 3.21. The largest absolute Gasteiger partial charge is 0.272 e. The van der Waals surface area contributed by atoms with Crippen LogP contribution < -0.4 is 5.43 Å². The molecule has 0 aliphatic heterocycles. The molecule has 0 saturated heterocycles. The molecule has 0 saturated carbocycles. The highest BCUT2D eigenvalue weighted by molar-refractivity contribution is 5.99. The number of hydrogen-bond donors (Lipinski definition) is 1. The molecule has 4 heteroatoms. The van der Waals surface area contributed by atoms with Crippen LogP contribution in [-0.4, -0.2) is 23.8 Å². The topological polar surface area (TPSA) is 44.7 Å². The third kappa shape index (κ3) is 4.97. The lowest BCUT2D eigenvalue weighted by atomic mass is 9.95. The number of hydrazine groups is 1. The number of benzene rings is 1. The number of carbonyl (C=O) groups excluding carboxylic acids is 1. The van der Waals surface area contributed by atoms with Crippen molar-refractivity contribution in [1.82, 2.24) is 10.4 Å². The molecule has 0 bridgehead atoms. The van der Waals surface area contributed by atoms with Crippen LogP contribution in [0.25, 0.3) is 0 Å². The second-order valence-corrected chi connectivity index (χ2v) is 6.19. The molecule has 1 aromatic rings. The van der Waals surface area contributed by atoms with E-state index in [-0.39, 0.29) is 5.91 Å². The van der Waals surface area contributed by atoms with Gasteiger partial charge in [0.25, 0.3) is 0 Å². The van der Waals surface area contributed by atoms with Crippen LogP contribution in [-0.2, 0) is 11.3 Å². The first-order valence-electron chi connectivity index (χ1n) is 7.40. The zero-order valence-electron chi connectivity index (χ0n) is 14.0. The number of amidine groups is 1. The summed E-state index contributed by atoms with van der Waals surface area (Å²) < 4.78 is 0. The molecule has 1 amide bonds. The van der Waals surface area contributed by atoms with Crippen molar-refractivity contribution in [2.75, 3.05) is 7.05 Å². The third-order valence-electron chi connectivity index (χ3n) is 3.21. The second-order valence-electron chi connectivity index (χ2n) is 6.19. The van der Waals surface area contributed by atoms with Crippen molar-refractivity contribution in [2.24, 2.45) is 10.4 Å². The number of aliphatic imine (C=N–C) groups is 1. The average Bonchev–Trinajstić information content (AvgIpc) is 2.43. The van der Waals surface area contributed by atoms with Crippen molar-refractivity contribution in [2.45, 2.75) is 47.6 Å². The van der Waals surface area contributed by atoms with Gasteiger partial charge in [0.15, 0.2) is 0 Å². The van der Waals surface area contributed by atoms with Gasteiger partial charge in [0, 0.05) is 18.9 Å². The minimum atomic E-state index is -0.442. The quantitative estimate of drug-likeness (QED) is 0.525. The number of nitrogens with one attached hydrogen (secondary N) is 1. The summed E-state index contributed by atoms with van der Waals surface area (Å²) in [5, 5.41) is 1.56. The first-order chi connectivity index (χ1) is 9.79. The molecule has 0 aliphatic carbocycles. The fourth-order valence-corrected chi connectivity index (χ4v) is 1.90. The molecule has 0 atom stereocenters. The Kier molecular flexibility index (Phi) is 6.09. The van der Waals surface area contributed by atoms with Gasteiger partial charge in [-0.05, 0) is 12.5 Å². The van der Waals surface area contributed by atoms with Crippen molar-refractivity contribution < 1.29 is 4.79 Å². The molecule has 0 aliphatic rings. The molecule has 1 aromatic carbocycles.